The summed E-state index contributed by atoms with van der Waals surface area (Å²) in [5.74, 6) is 0. The first kappa shape index (κ1) is 20.2. The number of aliphatic hydroxyl groups is 1. The molecule has 0 amide bonds. The number of nitrogens with zero attached hydrogens (tertiary/aromatic N) is 1. The average Bonchev–Trinajstić information content (AvgIpc) is 2.88. The van der Waals surface area contributed by atoms with Gasteiger partial charge in [-0.15, -0.1) is 4.52 Å². The molecule has 2 heterocycles. The van der Waals surface area contributed by atoms with E-state index in [4.69, 9.17) is 18.7 Å². The number of aromatic amines is 1. The number of aromatic nitrogens is 2. The lowest BCUT2D eigenvalue weighted by Crippen LogP contribution is -2.40. The number of hydrogen-bond acceptors (Lipinski definition) is 8. The molecule has 1 aliphatic rings. The van der Waals surface area contributed by atoms with Crippen LogP contribution in [-0.2, 0) is 23.3 Å². The SMILES string of the molecule is COCCOC1C(O[P+](=O)S)C(CO)OC1n1cc(C)c(=O)[nH]c1=O. The summed E-state index contributed by atoms with van der Waals surface area (Å²) in [5.41, 5.74) is -0.918. The van der Waals surface area contributed by atoms with Gasteiger partial charge in [0.1, 0.15) is 24.5 Å². The third-order valence-electron chi connectivity index (χ3n) is 3.70. The molecule has 0 radical (unpaired) electrons. The van der Waals surface area contributed by atoms with Crippen molar-refractivity contribution in [3.63, 3.8) is 0 Å². The minimum absolute atomic E-state index is 0.152. The van der Waals surface area contributed by atoms with Crippen molar-refractivity contribution in [2.45, 2.75) is 31.5 Å². The summed E-state index contributed by atoms with van der Waals surface area (Å²) in [6, 6.07) is 0. The average molecular weight is 395 g/mol. The normalized spacial score (nSPS) is 26.8. The molecule has 0 spiro atoms. The van der Waals surface area contributed by atoms with Crippen LogP contribution in [0.4, 0.5) is 0 Å². The minimum Gasteiger partial charge on any atom is -0.394 e. The molecule has 1 aliphatic heterocycles. The monoisotopic (exact) mass is 395 g/mol. The Morgan fingerprint density at radius 1 is 1.40 bits per heavy atom. The topological polar surface area (TPSA) is 129 Å². The van der Waals surface area contributed by atoms with Crippen molar-refractivity contribution >= 4 is 19.5 Å². The maximum atomic E-state index is 12.1. The second-order valence-corrected chi connectivity index (χ2v) is 7.03. The number of rotatable bonds is 8. The van der Waals surface area contributed by atoms with E-state index in [0.29, 0.717) is 5.56 Å². The minimum atomic E-state index is -2.30. The van der Waals surface area contributed by atoms with E-state index >= 15 is 0 Å². The van der Waals surface area contributed by atoms with Crippen LogP contribution in [0.15, 0.2) is 15.8 Å². The summed E-state index contributed by atoms with van der Waals surface area (Å²) >= 11 is 3.72. The second kappa shape index (κ2) is 9.04. The Hall–Kier alpha value is -1.07. The van der Waals surface area contributed by atoms with Gasteiger partial charge in [-0.25, -0.2) is 4.79 Å². The van der Waals surface area contributed by atoms with Gasteiger partial charge in [0.2, 0.25) is 0 Å². The third-order valence-corrected chi connectivity index (χ3v) is 4.40. The molecule has 1 fully saturated rings. The number of H-pyrrole nitrogens is 1. The van der Waals surface area contributed by atoms with Crippen LogP contribution in [-0.4, -0.2) is 59.9 Å². The predicted octanol–water partition coefficient (Wildman–Crippen LogP) is -0.261. The van der Waals surface area contributed by atoms with Crippen molar-refractivity contribution in [2.24, 2.45) is 0 Å². The summed E-state index contributed by atoms with van der Waals surface area (Å²) in [5, 5.41) is 9.52. The Bertz CT molecular complexity index is 723. The molecule has 0 aromatic carbocycles. The van der Waals surface area contributed by atoms with Crippen LogP contribution < -0.4 is 11.2 Å². The number of thiol groups is 1. The number of ether oxygens (including phenoxy) is 3. The van der Waals surface area contributed by atoms with Crippen LogP contribution in [0, 0.1) is 6.92 Å². The van der Waals surface area contributed by atoms with Crippen LogP contribution in [0.1, 0.15) is 11.8 Å². The first-order valence-electron chi connectivity index (χ1n) is 7.40. The zero-order chi connectivity index (χ0) is 18.6. The molecule has 1 aromatic rings. The smallest absolute Gasteiger partial charge is 0.394 e. The van der Waals surface area contributed by atoms with Gasteiger partial charge in [-0.05, 0) is 11.5 Å². The number of methoxy groups -OCH3 is 1. The van der Waals surface area contributed by atoms with E-state index in [1.54, 1.807) is 0 Å². The fraction of sp³-hybridized carbons (Fsp3) is 0.692. The van der Waals surface area contributed by atoms with Crippen LogP contribution in [0.3, 0.4) is 0 Å². The molecule has 12 heteroatoms. The fourth-order valence-corrected chi connectivity index (χ4v) is 3.32. The number of nitrogens with one attached hydrogen (secondary N) is 1. The number of hydrogen-bond donors (Lipinski definition) is 3. The lowest BCUT2D eigenvalue weighted by Gasteiger charge is -2.22. The Morgan fingerprint density at radius 3 is 2.72 bits per heavy atom. The zero-order valence-electron chi connectivity index (χ0n) is 13.7. The van der Waals surface area contributed by atoms with Crippen molar-refractivity contribution in [1.82, 2.24) is 9.55 Å². The van der Waals surface area contributed by atoms with E-state index in [-0.39, 0.29) is 13.2 Å². The molecule has 5 unspecified atom stereocenters. The van der Waals surface area contributed by atoms with Gasteiger partial charge in [-0.1, -0.05) is 0 Å². The Labute approximate surface area is 149 Å². The standard InChI is InChI=1S/C13H19N2O8PS/c1-7-5-15(13(18)14-11(7)17)12-10(21-4-3-20-2)9(23-24(19)25)8(6-16)22-12/h5,8-10,12,16H,3-4,6H2,1-2H3,(H-,14,17,18,19,25)/p+1. The first-order valence-corrected chi connectivity index (χ1v) is 9.74. The predicted molar refractivity (Wildman–Crippen MR) is 90.1 cm³/mol. The highest BCUT2D eigenvalue weighted by molar-refractivity contribution is 8.39. The largest absolute Gasteiger partial charge is 0.582 e. The van der Waals surface area contributed by atoms with Crippen molar-refractivity contribution in [3.8, 4) is 0 Å². The van der Waals surface area contributed by atoms with Crippen molar-refractivity contribution < 1.29 is 28.4 Å². The molecule has 0 aliphatic carbocycles. The highest BCUT2D eigenvalue weighted by Crippen LogP contribution is 2.40. The van der Waals surface area contributed by atoms with Crippen LogP contribution >= 0.6 is 19.5 Å². The van der Waals surface area contributed by atoms with E-state index in [1.165, 1.54) is 20.2 Å². The molecular weight excluding hydrogens is 375 g/mol. The summed E-state index contributed by atoms with van der Waals surface area (Å²) in [7, 11) is -0.802. The van der Waals surface area contributed by atoms with Gasteiger partial charge < -0.3 is 19.3 Å². The number of aryl methyl sites for hydroxylation is 1. The van der Waals surface area contributed by atoms with Crippen LogP contribution in [0.2, 0.25) is 0 Å². The fourth-order valence-electron chi connectivity index (χ4n) is 2.53. The highest BCUT2D eigenvalue weighted by atomic mass is 32.7. The van der Waals surface area contributed by atoms with E-state index < -0.39 is 49.6 Å². The lowest BCUT2D eigenvalue weighted by molar-refractivity contribution is -0.0808. The van der Waals surface area contributed by atoms with E-state index in [9.17, 15) is 19.3 Å². The Balaban J connectivity index is 2.39. The molecule has 25 heavy (non-hydrogen) atoms. The lowest BCUT2D eigenvalue weighted by atomic mass is 10.1. The summed E-state index contributed by atoms with van der Waals surface area (Å²) < 4.78 is 34.1. The molecule has 2 rings (SSSR count). The van der Waals surface area contributed by atoms with Gasteiger partial charge >= 0.3 is 12.9 Å². The second-order valence-electron chi connectivity index (χ2n) is 5.36. The molecule has 1 aromatic heterocycles. The van der Waals surface area contributed by atoms with Gasteiger partial charge in [-0.2, -0.15) is 0 Å². The Morgan fingerprint density at radius 2 is 2.12 bits per heavy atom. The molecule has 0 bridgehead atoms. The molecule has 0 saturated carbocycles. The molecule has 10 nitrogen and oxygen atoms in total. The van der Waals surface area contributed by atoms with Crippen LogP contribution in [0.5, 0.6) is 0 Å². The first-order chi connectivity index (χ1) is 11.9. The van der Waals surface area contributed by atoms with E-state index in [2.05, 4.69) is 17.2 Å². The van der Waals surface area contributed by atoms with Crippen molar-refractivity contribution in [3.05, 3.63) is 32.6 Å². The summed E-state index contributed by atoms with van der Waals surface area (Å²) in [6.45, 7) is 1.51. The van der Waals surface area contributed by atoms with E-state index in [0.717, 1.165) is 4.57 Å². The Kier molecular flexibility index (Phi) is 7.32. The third kappa shape index (κ3) is 4.76. The maximum absolute atomic E-state index is 12.1. The molecule has 2 N–H and O–H groups in total. The van der Waals surface area contributed by atoms with Gasteiger partial charge in [0.25, 0.3) is 5.56 Å². The van der Waals surface area contributed by atoms with Crippen molar-refractivity contribution in [1.29, 1.82) is 0 Å². The van der Waals surface area contributed by atoms with Gasteiger partial charge in [0.15, 0.2) is 12.3 Å². The van der Waals surface area contributed by atoms with Gasteiger partial charge in [0.05, 0.1) is 19.8 Å². The van der Waals surface area contributed by atoms with Crippen molar-refractivity contribution in [2.75, 3.05) is 26.9 Å². The van der Waals surface area contributed by atoms with Gasteiger partial charge in [0, 0.05) is 18.9 Å². The number of aliphatic hydroxyl groups excluding tert-OH is 1. The molecule has 140 valence electrons. The van der Waals surface area contributed by atoms with E-state index in [1.807, 2.05) is 0 Å². The molecule has 5 atom stereocenters. The molecular formula is C13H20N2O8PS+. The quantitative estimate of drug-likeness (QED) is 0.312. The van der Waals surface area contributed by atoms with Crippen LogP contribution in [0.25, 0.3) is 0 Å². The molecule has 1 saturated heterocycles. The van der Waals surface area contributed by atoms with Gasteiger partial charge in [-0.3, -0.25) is 14.3 Å². The highest BCUT2D eigenvalue weighted by Gasteiger charge is 2.51. The maximum Gasteiger partial charge on any atom is 0.582 e. The zero-order valence-corrected chi connectivity index (χ0v) is 15.4. The summed E-state index contributed by atoms with van der Waals surface area (Å²) in [4.78, 5) is 25.9. The summed E-state index contributed by atoms with van der Waals surface area (Å²) in [6.07, 6.45) is -2.35.